The van der Waals surface area contributed by atoms with E-state index in [9.17, 15) is 0 Å². The summed E-state index contributed by atoms with van der Waals surface area (Å²) in [5.41, 5.74) is 3.75. The molecule has 0 amide bonds. The highest BCUT2D eigenvalue weighted by molar-refractivity contribution is 5.52. The lowest BCUT2D eigenvalue weighted by atomic mass is 9.82. The lowest BCUT2D eigenvalue weighted by Crippen LogP contribution is -2.18. The number of hydrogen-bond acceptors (Lipinski definition) is 2. The third-order valence-corrected chi connectivity index (χ3v) is 3.07. The quantitative estimate of drug-likeness (QED) is 0.696. The second-order valence-corrected chi connectivity index (χ2v) is 6.70. The summed E-state index contributed by atoms with van der Waals surface area (Å²) in [4.78, 5) is 0. The molecule has 0 N–H and O–H groups in total. The molecule has 0 bridgehead atoms. The van der Waals surface area contributed by atoms with E-state index >= 15 is 0 Å². The number of pyridine rings is 1. The van der Waals surface area contributed by atoms with Crippen molar-refractivity contribution in [2.75, 3.05) is 0 Å². The maximum Gasteiger partial charge on any atom is 0.164 e. The van der Waals surface area contributed by atoms with Crippen molar-refractivity contribution in [2.24, 2.45) is 0 Å². The molecule has 2 heterocycles. The van der Waals surface area contributed by atoms with Gasteiger partial charge < -0.3 is 0 Å². The Hall–Kier alpha value is -1.38. The number of nitrogens with zero attached hydrogens (tertiary/aromatic N) is 3. The molecule has 17 heavy (non-hydrogen) atoms. The Morgan fingerprint density at radius 3 is 2.18 bits per heavy atom. The highest BCUT2D eigenvalue weighted by Gasteiger charge is 2.23. The summed E-state index contributed by atoms with van der Waals surface area (Å²) in [5, 5.41) is 8.23. The number of fused-ring (bicyclic) bond motifs is 1. The van der Waals surface area contributed by atoms with E-state index in [2.05, 4.69) is 64.0 Å². The molecular formula is C14H21N3. The van der Waals surface area contributed by atoms with E-state index in [1.165, 1.54) is 11.1 Å². The molecule has 3 nitrogen and oxygen atoms in total. The standard InChI is InChI=1S/C14H21N3/c1-13(2,3)10-7-11(14(4,5)6)12-16-15-9-17(12)8-10/h7-9H,1-6H3. The maximum atomic E-state index is 4.22. The first-order valence-electron chi connectivity index (χ1n) is 6.04. The highest BCUT2D eigenvalue weighted by Crippen LogP contribution is 2.30. The van der Waals surface area contributed by atoms with Crippen LogP contribution in [-0.4, -0.2) is 14.6 Å². The fourth-order valence-corrected chi connectivity index (χ4v) is 1.90. The Balaban J connectivity index is 2.76. The Bertz CT molecular complexity index is 539. The van der Waals surface area contributed by atoms with Crippen LogP contribution < -0.4 is 0 Å². The molecule has 0 aliphatic carbocycles. The summed E-state index contributed by atoms with van der Waals surface area (Å²) in [6, 6.07) is 2.27. The van der Waals surface area contributed by atoms with Crippen molar-refractivity contribution in [1.82, 2.24) is 14.6 Å². The van der Waals surface area contributed by atoms with Gasteiger partial charge in [0.2, 0.25) is 0 Å². The lowest BCUT2D eigenvalue weighted by molar-refractivity contribution is 0.565. The Kier molecular flexibility index (Phi) is 2.53. The van der Waals surface area contributed by atoms with Gasteiger partial charge in [-0.2, -0.15) is 0 Å². The van der Waals surface area contributed by atoms with Gasteiger partial charge in [0.05, 0.1) is 0 Å². The van der Waals surface area contributed by atoms with E-state index in [-0.39, 0.29) is 10.8 Å². The van der Waals surface area contributed by atoms with E-state index in [1.807, 2.05) is 4.40 Å². The van der Waals surface area contributed by atoms with Gasteiger partial charge in [-0.05, 0) is 22.5 Å². The highest BCUT2D eigenvalue weighted by atomic mass is 15.2. The summed E-state index contributed by atoms with van der Waals surface area (Å²) < 4.78 is 2.03. The fourth-order valence-electron chi connectivity index (χ4n) is 1.90. The third kappa shape index (κ3) is 2.19. The summed E-state index contributed by atoms with van der Waals surface area (Å²) in [6.07, 6.45) is 3.91. The van der Waals surface area contributed by atoms with Gasteiger partial charge in [-0.3, -0.25) is 4.40 Å². The largest absolute Gasteiger partial charge is 0.289 e. The first-order valence-corrected chi connectivity index (χ1v) is 6.04. The minimum atomic E-state index is 0.0789. The van der Waals surface area contributed by atoms with Gasteiger partial charge in [0.15, 0.2) is 5.65 Å². The third-order valence-electron chi connectivity index (χ3n) is 3.07. The summed E-state index contributed by atoms with van der Waals surface area (Å²) in [5.74, 6) is 0. The van der Waals surface area contributed by atoms with E-state index in [0.29, 0.717) is 0 Å². The zero-order valence-electron chi connectivity index (χ0n) is 11.6. The van der Waals surface area contributed by atoms with Crippen LogP contribution in [0.4, 0.5) is 0 Å². The van der Waals surface area contributed by atoms with Crippen molar-refractivity contribution in [3.05, 3.63) is 29.7 Å². The van der Waals surface area contributed by atoms with Crippen LogP contribution in [0.25, 0.3) is 5.65 Å². The topological polar surface area (TPSA) is 30.2 Å². The van der Waals surface area contributed by atoms with Crippen molar-refractivity contribution in [3.8, 4) is 0 Å². The lowest BCUT2D eigenvalue weighted by Gasteiger charge is -2.25. The van der Waals surface area contributed by atoms with Crippen molar-refractivity contribution >= 4 is 5.65 Å². The monoisotopic (exact) mass is 231 g/mol. The minimum absolute atomic E-state index is 0.0789. The fraction of sp³-hybridized carbons (Fsp3) is 0.571. The molecule has 0 spiro atoms. The van der Waals surface area contributed by atoms with Crippen LogP contribution in [-0.2, 0) is 10.8 Å². The van der Waals surface area contributed by atoms with E-state index in [4.69, 9.17) is 0 Å². The van der Waals surface area contributed by atoms with Gasteiger partial charge in [0.25, 0.3) is 0 Å². The molecule has 0 unspecified atom stereocenters. The number of aromatic nitrogens is 3. The van der Waals surface area contributed by atoms with Crippen LogP contribution in [0.5, 0.6) is 0 Å². The second-order valence-electron chi connectivity index (χ2n) is 6.70. The normalized spacial score (nSPS) is 13.3. The van der Waals surface area contributed by atoms with Crippen molar-refractivity contribution < 1.29 is 0 Å². The number of rotatable bonds is 0. The maximum absolute atomic E-state index is 4.22. The summed E-state index contributed by atoms with van der Waals surface area (Å²) in [7, 11) is 0. The first kappa shape index (κ1) is 12.1. The predicted octanol–water partition coefficient (Wildman–Crippen LogP) is 3.32. The van der Waals surface area contributed by atoms with E-state index in [1.54, 1.807) is 6.33 Å². The average molecular weight is 231 g/mol. The molecule has 0 aromatic carbocycles. The molecule has 0 fully saturated rings. The van der Waals surface area contributed by atoms with Crippen LogP contribution in [0.15, 0.2) is 18.6 Å². The predicted molar refractivity (Wildman–Crippen MR) is 70.4 cm³/mol. The number of hydrogen-bond donors (Lipinski definition) is 0. The first-order chi connectivity index (χ1) is 7.69. The smallest absolute Gasteiger partial charge is 0.164 e. The van der Waals surface area contributed by atoms with Gasteiger partial charge in [-0.25, -0.2) is 0 Å². The van der Waals surface area contributed by atoms with Gasteiger partial charge in [-0.1, -0.05) is 41.5 Å². The van der Waals surface area contributed by atoms with Crippen LogP contribution in [0.1, 0.15) is 52.7 Å². The van der Waals surface area contributed by atoms with Gasteiger partial charge in [0, 0.05) is 11.8 Å². The van der Waals surface area contributed by atoms with Crippen molar-refractivity contribution in [2.45, 2.75) is 52.4 Å². The van der Waals surface area contributed by atoms with Crippen LogP contribution in [0.3, 0.4) is 0 Å². The SMILES string of the molecule is CC(C)(C)c1cc(C(C)(C)C)c2nncn2c1. The van der Waals surface area contributed by atoms with Gasteiger partial charge in [-0.15, -0.1) is 10.2 Å². The molecule has 0 radical (unpaired) electrons. The molecule has 3 heteroatoms. The molecule has 92 valence electrons. The van der Waals surface area contributed by atoms with Gasteiger partial charge in [0.1, 0.15) is 6.33 Å². The van der Waals surface area contributed by atoms with Gasteiger partial charge >= 0.3 is 0 Å². The molecule has 0 atom stereocenters. The van der Waals surface area contributed by atoms with Crippen molar-refractivity contribution in [3.63, 3.8) is 0 Å². The van der Waals surface area contributed by atoms with E-state index in [0.717, 1.165) is 5.65 Å². The Labute approximate surface area is 103 Å². The summed E-state index contributed by atoms with van der Waals surface area (Å²) >= 11 is 0. The molecule has 2 rings (SSSR count). The second kappa shape index (κ2) is 3.56. The van der Waals surface area contributed by atoms with Crippen LogP contribution in [0.2, 0.25) is 0 Å². The molecule has 0 saturated carbocycles. The minimum Gasteiger partial charge on any atom is -0.289 e. The zero-order chi connectivity index (χ0) is 12.8. The Morgan fingerprint density at radius 1 is 1.00 bits per heavy atom. The summed E-state index contributed by atoms with van der Waals surface area (Å²) in [6.45, 7) is 13.3. The molecule has 2 aromatic heterocycles. The molecule has 0 aliphatic rings. The molecular weight excluding hydrogens is 210 g/mol. The molecule has 0 aliphatic heterocycles. The Morgan fingerprint density at radius 2 is 1.65 bits per heavy atom. The zero-order valence-corrected chi connectivity index (χ0v) is 11.6. The van der Waals surface area contributed by atoms with Crippen LogP contribution >= 0.6 is 0 Å². The van der Waals surface area contributed by atoms with Crippen LogP contribution in [0, 0.1) is 0 Å². The van der Waals surface area contributed by atoms with Crippen molar-refractivity contribution in [1.29, 1.82) is 0 Å². The molecule has 2 aromatic rings. The molecule has 0 saturated heterocycles. The average Bonchev–Trinajstić information content (AvgIpc) is 2.59. The van der Waals surface area contributed by atoms with E-state index < -0.39 is 0 Å².